The smallest absolute Gasteiger partial charge is 0.247 e. The highest BCUT2D eigenvalue weighted by molar-refractivity contribution is 7.99. The molecule has 154 valence electrons. The van der Waals surface area contributed by atoms with E-state index < -0.39 is 0 Å². The van der Waals surface area contributed by atoms with E-state index in [-0.39, 0.29) is 11.4 Å². The van der Waals surface area contributed by atoms with Crippen molar-refractivity contribution in [3.05, 3.63) is 41.5 Å². The number of hydrogen-bond acceptors (Lipinski definition) is 7. The summed E-state index contributed by atoms with van der Waals surface area (Å²) < 4.78 is 19.2. The molecular weight excluding hydrogens is 388 g/mol. The van der Waals surface area contributed by atoms with E-state index in [0.29, 0.717) is 11.8 Å². The van der Waals surface area contributed by atoms with Gasteiger partial charge in [-0.15, -0.1) is 10.2 Å². The van der Waals surface area contributed by atoms with Crippen molar-refractivity contribution in [2.75, 3.05) is 13.7 Å². The number of nitrogens with zero attached hydrogens (tertiary/aromatic N) is 4. The molecule has 3 aromatic rings. The SMILES string of the molecule is COc1ccc(-c2nnc([C@@H](C)Sc3nc(C)c(C)n3C[C@H]3CCCO3)o2)cc1. The van der Waals surface area contributed by atoms with Gasteiger partial charge in [-0.3, -0.25) is 0 Å². The molecule has 7 nitrogen and oxygen atoms in total. The number of imidazole rings is 1. The van der Waals surface area contributed by atoms with Gasteiger partial charge in [0.05, 0.1) is 30.7 Å². The van der Waals surface area contributed by atoms with Gasteiger partial charge in [-0.1, -0.05) is 11.8 Å². The van der Waals surface area contributed by atoms with E-state index in [1.165, 1.54) is 5.69 Å². The van der Waals surface area contributed by atoms with E-state index in [1.807, 2.05) is 31.2 Å². The van der Waals surface area contributed by atoms with Gasteiger partial charge in [0, 0.05) is 17.9 Å². The number of benzene rings is 1. The van der Waals surface area contributed by atoms with Crippen molar-refractivity contribution in [2.45, 2.75) is 56.7 Å². The van der Waals surface area contributed by atoms with Crippen LogP contribution in [-0.4, -0.2) is 39.6 Å². The lowest BCUT2D eigenvalue weighted by Gasteiger charge is -2.15. The van der Waals surface area contributed by atoms with Gasteiger partial charge in [0.25, 0.3) is 0 Å². The molecule has 0 radical (unpaired) electrons. The summed E-state index contributed by atoms with van der Waals surface area (Å²) in [4.78, 5) is 4.77. The molecule has 4 rings (SSSR count). The summed E-state index contributed by atoms with van der Waals surface area (Å²) in [7, 11) is 1.64. The molecule has 29 heavy (non-hydrogen) atoms. The maximum Gasteiger partial charge on any atom is 0.247 e. The highest BCUT2D eigenvalue weighted by atomic mass is 32.2. The Balaban J connectivity index is 1.50. The molecule has 1 fully saturated rings. The minimum atomic E-state index is -0.0149. The zero-order valence-corrected chi connectivity index (χ0v) is 18.0. The van der Waals surface area contributed by atoms with Gasteiger partial charge in [-0.05, 0) is 57.9 Å². The number of aryl methyl sites for hydroxylation is 1. The van der Waals surface area contributed by atoms with Gasteiger partial charge in [0.15, 0.2) is 5.16 Å². The van der Waals surface area contributed by atoms with Crippen molar-refractivity contribution in [3.8, 4) is 17.2 Å². The van der Waals surface area contributed by atoms with Crippen LogP contribution in [0.25, 0.3) is 11.5 Å². The minimum absolute atomic E-state index is 0.0149. The highest BCUT2D eigenvalue weighted by Crippen LogP contribution is 2.36. The van der Waals surface area contributed by atoms with Gasteiger partial charge >= 0.3 is 0 Å². The first-order valence-electron chi connectivity index (χ1n) is 9.85. The first-order valence-corrected chi connectivity index (χ1v) is 10.7. The summed E-state index contributed by atoms with van der Waals surface area (Å²) in [6.45, 7) is 7.91. The van der Waals surface area contributed by atoms with Gasteiger partial charge < -0.3 is 18.5 Å². The molecular formula is C21H26N4O3S. The molecule has 0 aliphatic carbocycles. The molecule has 0 saturated carbocycles. The Labute approximate surface area is 174 Å². The lowest BCUT2D eigenvalue weighted by molar-refractivity contribution is 0.0944. The summed E-state index contributed by atoms with van der Waals surface area (Å²) in [5.41, 5.74) is 3.09. The highest BCUT2D eigenvalue weighted by Gasteiger charge is 2.23. The van der Waals surface area contributed by atoms with Gasteiger partial charge in [-0.25, -0.2) is 4.98 Å². The second-order valence-electron chi connectivity index (χ2n) is 7.24. The average molecular weight is 415 g/mol. The molecule has 0 N–H and O–H groups in total. The van der Waals surface area contributed by atoms with Crippen molar-refractivity contribution >= 4 is 11.8 Å². The van der Waals surface area contributed by atoms with Crippen LogP contribution in [0.1, 0.15) is 42.3 Å². The van der Waals surface area contributed by atoms with E-state index >= 15 is 0 Å². The van der Waals surface area contributed by atoms with Crippen LogP contribution in [0.15, 0.2) is 33.8 Å². The normalized spacial score (nSPS) is 17.6. The molecule has 0 spiro atoms. The molecule has 2 atom stereocenters. The number of aromatic nitrogens is 4. The van der Waals surface area contributed by atoms with Crippen molar-refractivity contribution in [1.29, 1.82) is 0 Å². The number of methoxy groups -OCH3 is 1. The van der Waals surface area contributed by atoms with Crippen LogP contribution in [0.4, 0.5) is 0 Å². The zero-order chi connectivity index (χ0) is 20.4. The van der Waals surface area contributed by atoms with Crippen LogP contribution >= 0.6 is 11.8 Å². The summed E-state index contributed by atoms with van der Waals surface area (Å²) in [6.07, 6.45) is 2.50. The fourth-order valence-electron chi connectivity index (χ4n) is 3.38. The second kappa shape index (κ2) is 8.59. The van der Waals surface area contributed by atoms with Crippen molar-refractivity contribution in [3.63, 3.8) is 0 Å². The molecule has 8 heteroatoms. The van der Waals surface area contributed by atoms with Gasteiger partial charge in [0.1, 0.15) is 5.75 Å². The molecule has 0 unspecified atom stereocenters. The quantitative estimate of drug-likeness (QED) is 0.523. The van der Waals surface area contributed by atoms with Crippen molar-refractivity contribution in [2.24, 2.45) is 0 Å². The number of ether oxygens (including phenoxy) is 2. The minimum Gasteiger partial charge on any atom is -0.497 e. The second-order valence-corrected chi connectivity index (χ2v) is 8.55. The summed E-state index contributed by atoms with van der Waals surface area (Å²) in [5.74, 6) is 1.88. The molecule has 1 saturated heterocycles. The molecule has 2 aromatic heterocycles. The third-order valence-corrected chi connectivity index (χ3v) is 6.32. The zero-order valence-electron chi connectivity index (χ0n) is 17.2. The maximum atomic E-state index is 5.94. The predicted molar refractivity (Wildman–Crippen MR) is 111 cm³/mol. The van der Waals surface area contributed by atoms with Crippen LogP contribution in [-0.2, 0) is 11.3 Å². The van der Waals surface area contributed by atoms with Crippen LogP contribution < -0.4 is 4.74 Å². The van der Waals surface area contributed by atoms with Crippen LogP contribution in [0, 0.1) is 13.8 Å². The topological polar surface area (TPSA) is 75.2 Å². The Morgan fingerprint density at radius 3 is 2.72 bits per heavy atom. The fraction of sp³-hybridized carbons (Fsp3) is 0.476. The molecule has 1 aliphatic heterocycles. The molecule has 0 amide bonds. The van der Waals surface area contributed by atoms with Crippen LogP contribution in [0.2, 0.25) is 0 Å². The Bertz CT molecular complexity index is 961. The predicted octanol–water partition coefficient (Wildman–Crippen LogP) is 4.59. The fourth-order valence-corrected chi connectivity index (χ4v) is 4.42. The Kier molecular flexibility index (Phi) is 5.91. The third kappa shape index (κ3) is 4.33. The van der Waals surface area contributed by atoms with Gasteiger partial charge in [0.2, 0.25) is 11.8 Å². The standard InChI is InChI=1S/C21H26N4O3S/c1-13-14(2)25(12-18-6-5-11-27-18)21(22-13)29-15(3)19-23-24-20(28-19)16-7-9-17(26-4)10-8-16/h7-10,15,18H,5-6,11-12H2,1-4H3/t15-,18-/m1/s1. The van der Waals surface area contributed by atoms with Crippen molar-refractivity contribution in [1.82, 2.24) is 19.7 Å². The monoisotopic (exact) mass is 414 g/mol. The molecule has 1 aliphatic rings. The lowest BCUT2D eigenvalue weighted by Crippen LogP contribution is -2.16. The average Bonchev–Trinajstić information content (AvgIpc) is 3.47. The lowest BCUT2D eigenvalue weighted by atomic mass is 10.2. The number of thioether (sulfide) groups is 1. The molecule has 0 bridgehead atoms. The van der Waals surface area contributed by atoms with Crippen LogP contribution in [0.3, 0.4) is 0 Å². The summed E-state index contributed by atoms with van der Waals surface area (Å²) in [5, 5.41) is 9.43. The largest absolute Gasteiger partial charge is 0.497 e. The van der Waals surface area contributed by atoms with E-state index in [0.717, 1.165) is 48.2 Å². The first kappa shape index (κ1) is 20.0. The third-order valence-electron chi connectivity index (χ3n) is 5.24. The van der Waals surface area contributed by atoms with E-state index in [2.05, 4.69) is 28.6 Å². The Hall–Kier alpha value is -2.32. The molecule has 3 heterocycles. The van der Waals surface area contributed by atoms with Crippen LogP contribution in [0.5, 0.6) is 5.75 Å². The summed E-state index contributed by atoms with van der Waals surface area (Å²) >= 11 is 1.64. The molecule has 1 aromatic carbocycles. The Morgan fingerprint density at radius 1 is 1.24 bits per heavy atom. The Morgan fingerprint density at radius 2 is 2.03 bits per heavy atom. The van der Waals surface area contributed by atoms with Crippen molar-refractivity contribution < 1.29 is 13.9 Å². The van der Waals surface area contributed by atoms with Gasteiger partial charge in [-0.2, -0.15) is 0 Å². The first-order chi connectivity index (χ1) is 14.0. The maximum absolute atomic E-state index is 5.94. The van der Waals surface area contributed by atoms with E-state index in [1.54, 1.807) is 18.9 Å². The summed E-state index contributed by atoms with van der Waals surface area (Å²) in [6, 6.07) is 7.58. The number of hydrogen-bond donors (Lipinski definition) is 0. The number of rotatable bonds is 7. The van der Waals surface area contributed by atoms with E-state index in [4.69, 9.17) is 18.9 Å². The van der Waals surface area contributed by atoms with E-state index in [9.17, 15) is 0 Å².